The van der Waals surface area contributed by atoms with Gasteiger partial charge in [-0.1, -0.05) is 115 Å². The van der Waals surface area contributed by atoms with Crippen molar-refractivity contribution in [3.63, 3.8) is 0 Å². The summed E-state index contributed by atoms with van der Waals surface area (Å²) in [5.41, 5.74) is 8.28. The maximum atomic E-state index is 10.0. The molecule has 10 aromatic rings. The van der Waals surface area contributed by atoms with Crippen molar-refractivity contribution in [2.75, 3.05) is 0 Å². The van der Waals surface area contributed by atoms with Crippen LogP contribution < -0.4 is 0 Å². The van der Waals surface area contributed by atoms with Gasteiger partial charge in [0.25, 0.3) is 0 Å². The Kier molecular flexibility index (Phi) is 7.33. The van der Waals surface area contributed by atoms with Crippen LogP contribution in [0.15, 0.2) is 158 Å². The van der Waals surface area contributed by atoms with E-state index in [1.54, 1.807) is 11.3 Å². The van der Waals surface area contributed by atoms with E-state index in [9.17, 15) is 5.26 Å². The van der Waals surface area contributed by atoms with Gasteiger partial charge in [0.15, 0.2) is 23.2 Å². The second-order valence-corrected chi connectivity index (χ2v) is 14.1. The first kappa shape index (κ1) is 31.3. The van der Waals surface area contributed by atoms with Gasteiger partial charge in [0, 0.05) is 53.2 Å². The second-order valence-electron chi connectivity index (χ2n) is 13.0. The molecule has 0 aliphatic rings. The van der Waals surface area contributed by atoms with Gasteiger partial charge in [0.2, 0.25) is 0 Å². The molecule has 0 radical (unpaired) electrons. The molecule has 0 atom stereocenters. The molecule has 0 fully saturated rings. The van der Waals surface area contributed by atoms with Crippen LogP contribution in [0.3, 0.4) is 0 Å². The third kappa shape index (κ3) is 5.11. The van der Waals surface area contributed by atoms with Crippen molar-refractivity contribution in [2.45, 2.75) is 0 Å². The summed E-state index contributed by atoms with van der Waals surface area (Å²) in [6.07, 6.45) is 0. The molecule has 0 saturated heterocycles. The van der Waals surface area contributed by atoms with Gasteiger partial charge in [-0.25, -0.2) is 19.8 Å². The molecule has 7 aromatic carbocycles. The number of hydrogen-bond donors (Lipinski definition) is 0. The molecule has 0 amide bonds. The maximum absolute atomic E-state index is 10.0. The highest BCUT2D eigenvalue weighted by molar-refractivity contribution is 7.25. The molecular weight excluding hydrogens is 681 g/mol. The number of nitriles is 1. The van der Waals surface area contributed by atoms with Crippen LogP contribution in [0, 0.1) is 17.9 Å². The Hall–Kier alpha value is -7.45. The molecule has 0 bridgehead atoms. The van der Waals surface area contributed by atoms with Crippen LogP contribution in [0.1, 0.15) is 5.56 Å². The van der Waals surface area contributed by atoms with Crippen LogP contribution in [-0.4, -0.2) is 19.5 Å². The van der Waals surface area contributed by atoms with Crippen molar-refractivity contribution in [1.29, 1.82) is 5.26 Å². The summed E-state index contributed by atoms with van der Waals surface area (Å²) in [6, 6.07) is 55.3. The Morgan fingerprint density at radius 2 is 1.19 bits per heavy atom. The van der Waals surface area contributed by atoms with Crippen molar-refractivity contribution in [1.82, 2.24) is 19.5 Å². The molecule has 0 aliphatic heterocycles. The van der Waals surface area contributed by atoms with Gasteiger partial charge in [-0.05, 0) is 53.6 Å². The van der Waals surface area contributed by atoms with E-state index in [-0.39, 0.29) is 0 Å². The standard InChI is InChI=1S/C47H26N6S/c1-49-33-21-23-36-35-22-19-29(28-48)25-40(35)53(41(36)27-33)39-24-20-32(34-16-10-18-43-44(34)37-15-8-9-17-42(37)54-43)26-38(39)47-51-45(30-11-4-2-5-12-30)50-46(52-47)31-13-6-3-7-14-31/h2-27H. The number of benzene rings is 7. The number of nitrogens with zero attached hydrogens (tertiary/aromatic N) is 6. The normalized spacial score (nSPS) is 11.3. The van der Waals surface area contributed by atoms with Crippen LogP contribution in [-0.2, 0) is 0 Å². The van der Waals surface area contributed by atoms with Crippen molar-refractivity contribution >= 4 is 59.0 Å². The third-order valence-electron chi connectivity index (χ3n) is 9.90. The van der Waals surface area contributed by atoms with Gasteiger partial charge in [-0.15, -0.1) is 11.3 Å². The predicted octanol–water partition coefficient (Wildman–Crippen LogP) is 12.4. The van der Waals surface area contributed by atoms with E-state index in [1.165, 1.54) is 20.2 Å². The lowest BCUT2D eigenvalue weighted by atomic mass is 9.96. The van der Waals surface area contributed by atoms with Crippen LogP contribution >= 0.6 is 11.3 Å². The molecular formula is C47H26N6S. The molecule has 3 aromatic heterocycles. The zero-order valence-electron chi connectivity index (χ0n) is 28.6. The minimum absolute atomic E-state index is 0.509. The molecule has 0 saturated carbocycles. The summed E-state index contributed by atoms with van der Waals surface area (Å²) in [5.74, 6) is 1.63. The van der Waals surface area contributed by atoms with Gasteiger partial charge < -0.3 is 4.57 Å². The fourth-order valence-electron chi connectivity index (χ4n) is 7.43. The van der Waals surface area contributed by atoms with Gasteiger partial charge in [-0.3, -0.25) is 0 Å². The first-order chi connectivity index (χ1) is 26.7. The summed E-state index contributed by atoms with van der Waals surface area (Å²) >= 11 is 1.79. The largest absolute Gasteiger partial charge is 0.310 e. The number of rotatable bonds is 5. The lowest BCUT2D eigenvalue weighted by molar-refractivity contribution is 1.06. The Morgan fingerprint density at radius 3 is 1.91 bits per heavy atom. The summed E-state index contributed by atoms with van der Waals surface area (Å²) < 4.78 is 4.60. The SMILES string of the molecule is [C-]#[N+]c1ccc2c3ccc(C#N)cc3n(-c3ccc(-c4cccc5sc6ccccc6c45)cc3-c3nc(-c4ccccc4)nc(-c4ccccc4)n3)c2c1. The molecule has 0 spiro atoms. The van der Waals surface area contributed by atoms with Crippen molar-refractivity contribution in [2.24, 2.45) is 0 Å². The second kappa shape index (κ2) is 12.6. The summed E-state index contributed by atoms with van der Waals surface area (Å²) in [4.78, 5) is 19.2. The fourth-order valence-corrected chi connectivity index (χ4v) is 8.56. The first-order valence-electron chi connectivity index (χ1n) is 17.4. The molecule has 10 rings (SSSR count). The quantitative estimate of drug-likeness (QED) is 0.167. The van der Waals surface area contributed by atoms with Gasteiger partial charge in [0.05, 0.1) is 29.4 Å². The van der Waals surface area contributed by atoms with E-state index in [1.807, 2.05) is 97.1 Å². The Labute approximate surface area is 314 Å². The number of fused-ring (bicyclic) bond motifs is 6. The van der Waals surface area contributed by atoms with E-state index >= 15 is 0 Å². The van der Waals surface area contributed by atoms with Gasteiger partial charge >= 0.3 is 0 Å². The molecule has 0 N–H and O–H groups in total. The molecule has 0 unspecified atom stereocenters. The predicted molar refractivity (Wildman–Crippen MR) is 220 cm³/mol. The fraction of sp³-hybridized carbons (Fsp3) is 0. The first-order valence-corrected chi connectivity index (χ1v) is 18.3. The van der Waals surface area contributed by atoms with Crippen molar-refractivity contribution < 1.29 is 0 Å². The van der Waals surface area contributed by atoms with Gasteiger partial charge in [-0.2, -0.15) is 5.26 Å². The molecule has 7 heteroatoms. The average molecular weight is 707 g/mol. The smallest absolute Gasteiger partial charge is 0.189 e. The van der Waals surface area contributed by atoms with Gasteiger partial charge in [0.1, 0.15) is 0 Å². The zero-order valence-corrected chi connectivity index (χ0v) is 29.4. The minimum Gasteiger partial charge on any atom is -0.310 e. The third-order valence-corrected chi connectivity index (χ3v) is 11.0. The van der Waals surface area contributed by atoms with E-state index in [2.05, 4.69) is 76.1 Å². The average Bonchev–Trinajstić information content (AvgIpc) is 3.79. The topological polar surface area (TPSA) is 71.8 Å². The van der Waals surface area contributed by atoms with E-state index in [4.69, 9.17) is 21.5 Å². The Balaban J connectivity index is 1.33. The lowest BCUT2D eigenvalue weighted by Crippen LogP contribution is -2.04. The zero-order chi connectivity index (χ0) is 36.2. The van der Waals surface area contributed by atoms with Crippen molar-refractivity contribution in [3.8, 4) is 57.0 Å². The van der Waals surface area contributed by atoms with E-state index in [0.717, 1.165) is 55.3 Å². The number of hydrogen-bond acceptors (Lipinski definition) is 5. The highest BCUT2D eigenvalue weighted by Gasteiger charge is 2.22. The molecule has 54 heavy (non-hydrogen) atoms. The van der Waals surface area contributed by atoms with E-state index < -0.39 is 0 Å². The highest BCUT2D eigenvalue weighted by atomic mass is 32.1. The molecule has 250 valence electrons. The summed E-state index contributed by atoms with van der Waals surface area (Å²) in [5, 5.41) is 14.4. The van der Waals surface area contributed by atoms with E-state index in [0.29, 0.717) is 28.7 Å². The number of aromatic nitrogens is 4. The molecule has 6 nitrogen and oxygen atoms in total. The Morgan fingerprint density at radius 1 is 0.537 bits per heavy atom. The Bertz CT molecular complexity index is 3060. The highest BCUT2D eigenvalue weighted by Crippen LogP contribution is 2.43. The molecule has 3 heterocycles. The van der Waals surface area contributed by atoms with Crippen molar-refractivity contribution in [3.05, 3.63) is 175 Å². The van der Waals surface area contributed by atoms with Crippen LogP contribution in [0.4, 0.5) is 5.69 Å². The van der Waals surface area contributed by atoms with Crippen LogP contribution in [0.2, 0.25) is 0 Å². The minimum atomic E-state index is 0.509. The molecule has 0 aliphatic carbocycles. The van der Waals surface area contributed by atoms with Crippen LogP contribution in [0.5, 0.6) is 0 Å². The maximum Gasteiger partial charge on any atom is 0.189 e. The summed E-state index contributed by atoms with van der Waals surface area (Å²) in [6.45, 7) is 7.86. The lowest BCUT2D eigenvalue weighted by Gasteiger charge is -2.17. The summed E-state index contributed by atoms with van der Waals surface area (Å²) in [7, 11) is 0. The van der Waals surface area contributed by atoms with Crippen LogP contribution in [0.25, 0.3) is 97.8 Å². The number of thiophene rings is 1. The monoisotopic (exact) mass is 706 g/mol.